The van der Waals surface area contributed by atoms with E-state index in [1.807, 2.05) is 30.3 Å². The lowest BCUT2D eigenvalue weighted by Crippen LogP contribution is -2.29. The summed E-state index contributed by atoms with van der Waals surface area (Å²) in [5.41, 5.74) is 2.26. The molecule has 0 fully saturated rings. The van der Waals surface area contributed by atoms with Crippen molar-refractivity contribution >= 4 is 29.3 Å². The summed E-state index contributed by atoms with van der Waals surface area (Å²) in [5, 5.41) is 2.81. The topological polar surface area (TPSA) is 62.3 Å². The van der Waals surface area contributed by atoms with Crippen molar-refractivity contribution in [2.24, 2.45) is 0 Å². The van der Waals surface area contributed by atoms with Gasteiger partial charge in [0.2, 0.25) is 5.91 Å². The number of thioether (sulfide) groups is 1. The van der Waals surface area contributed by atoms with Crippen LogP contribution in [-0.4, -0.2) is 41.0 Å². The smallest absolute Gasteiger partial charge is 0.253 e. The zero-order chi connectivity index (χ0) is 16.2. The molecule has 0 saturated heterocycles. The van der Waals surface area contributed by atoms with Crippen LogP contribution in [0.5, 0.6) is 0 Å². The summed E-state index contributed by atoms with van der Waals surface area (Å²) in [7, 11) is 1.78. The van der Waals surface area contributed by atoms with Crippen LogP contribution >= 0.6 is 11.8 Å². The Morgan fingerprint density at radius 3 is 3.00 bits per heavy atom. The van der Waals surface area contributed by atoms with E-state index in [2.05, 4.69) is 10.3 Å². The third-order valence-corrected chi connectivity index (χ3v) is 4.71. The van der Waals surface area contributed by atoms with Gasteiger partial charge < -0.3 is 10.2 Å². The fourth-order valence-corrected chi connectivity index (χ4v) is 3.15. The van der Waals surface area contributed by atoms with Crippen LogP contribution in [-0.2, 0) is 11.2 Å². The molecule has 5 nitrogen and oxygen atoms in total. The third kappa shape index (κ3) is 3.71. The maximum Gasteiger partial charge on any atom is 0.253 e. The maximum absolute atomic E-state index is 12.5. The lowest BCUT2D eigenvalue weighted by molar-refractivity contribution is -0.113. The molecule has 2 aromatic rings. The number of amides is 2. The Morgan fingerprint density at radius 1 is 1.35 bits per heavy atom. The first-order valence-electron chi connectivity index (χ1n) is 7.35. The molecule has 1 aromatic carbocycles. The molecule has 118 valence electrons. The summed E-state index contributed by atoms with van der Waals surface area (Å²) in [6, 6.07) is 11.2. The van der Waals surface area contributed by atoms with E-state index >= 15 is 0 Å². The number of anilines is 1. The lowest BCUT2D eigenvalue weighted by atomic mass is 10.1. The molecular formula is C17H17N3O2S. The van der Waals surface area contributed by atoms with Crippen molar-refractivity contribution in [2.75, 3.05) is 24.7 Å². The standard InChI is InChI=1S/C17H17N3O2S/c1-20(9-7-13-4-2-3-8-18-13)17(22)12-5-6-15-14(10-12)19-16(21)11-23-15/h2-6,8,10H,7,9,11H2,1H3,(H,19,21). The van der Waals surface area contributed by atoms with Crippen LogP contribution in [0, 0.1) is 0 Å². The largest absolute Gasteiger partial charge is 0.341 e. The number of hydrogen-bond acceptors (Lipinski definition) is 4. The lowest BCUT2D eigenvalue weighted by Gasteiger charge is -2.20. The molecule has 3 rings (SSSR count). The van der Waals surface area contributed by atoms with Gasteiger partial charge >= 0.3 is 0 Å². The highest BCUT2D eigenvalue weighted by molar-refractivity contribution is 8.00. The molecule has 1 N–H and O–H groups in total. The van der Waals surface area contributed by atoms with E-state index in [-0.39, 0.29) is 11.8 Å². The number of hydrogen-bond donors (Lipinski definition) is 1. The van der Waals surface area contributed by atoms with Gasteiger partial charge in [0.25, 0.3) is 5.91 Å². The highest BCUT2D eigenvalue weighted by atomic mass is 32.2. The zero-order valence-corrected chi connectivity index (χ0v) is 13.6. The van der Waals surface area contributed by atoms with Crippen molar-refractivity contribution in [3.05, 3.63) is 53.9 Å². The molecule has 6 heteroatoms. The van der Waals surface area contributed by atoms with Crippen molar-refractivity contribution in [1.29, 1.82) is 0 Å². The first-order chi connectivity index (χ1) is 11.1. The SMILES string of the molecule is CN(CCc1ccccn1)C(=O)c1ccc2c(c1)NC(=O)CS2. The van der Waals surface area contributed by atoms with E-state index in [1.54, 1.807) is 24.2 Å². The van der Waals surface area contributed by atoms with E-state index in [1.165, 1.54) is 11.8 Å². The Bertz CT molecular complexity index is 734. The minimum absolute atomic E-state index is 0.0318. The first-order valence-corrected chi connectivity index (χ1v) is 8.34. The number of carbonyl (C=O) groups excluding carboxylic acids is 2. The van der Waals surface area contributed by atoms with Gasteiger partial charge in [-0.3, -0.25) is 14.6 Å². The van der Waals surface area contributed by atoms with Gasteiger partial charge in [0.05, 0.1) is 11.4 Å². The van der Waals surface area contributed by atoms with Crippen LogP contribution in [0.3, 0.4) is 0 Å². The van der Waals surface area contributed by atoms with Crippen molar-refractivity contribution in [2.45, 2.75) is 11.3 Å². The third-order valence-electron chi connectivity index (χ3n) is 3.64. The number of nitrogens with one attached hydrogen (secondary N) is 1. The highest BCUT2D eigenvalue weighted by Crippen LogP contribution is 2.32. The molecule has 2 amide bonds. The average Bonchev–Trinajstić information content (AvgIpc) is 2.59. The number of aromatic nitrogens is 1. The fourth-order valence-electron chi connectivity index (χ4n) is 2.37. The molecule has 0 radical (unpaired) electrons. The molecule has 0 bridgehead atoms. The summed E-state index contributed by atoms with van der Waals surface area (Å²) in [6.07, 6.45) is 2.46. The minimum Gasteiger partial charge on any atom is -0.341 e. The summed E-state index contributed by atoms with van der Waals surface area (Å²) < 4.78 is 0. The highest BCUT2D eigenvalue weighted by Gasteiger charge is 2.18. The Kier molecular flexibility index (Phi) is 4.62. The predicted octanol–water partition coefficient (Wildman–Crippen LogP) is 2.44. The van der Waals surface area contributed by atoms with Gasteiger partial charge in [-0.25, -0.2) is 0 Å². The number of fused-ring (bicyclic) bond motifs is 1. The molecule has 1 aliphatic heterocycles. The van der Waals surface area contributed by atoms with Gasteiger partial charge in [0, 0.05) is 42.4 Å². The number of rotatable bonds is 4. The minimum atomic E-state index is -0.0615. The number of nitrogens with zero attached hydrogens (tertiary/aromatic N) is 2. The molecule has 0 aliphatic carbocycles. The maximum atomic E-state index is 12.5. The normalized spacial score (nSPS) is 13.2. The van der Waals surface area contributed by atoms with Gasteiger partial charge in [-0.15, -0.1) is 11.8 Å². The molecule has 2 heterocycles. The average molecular weight is 327 g/mol. The molecule has 0 spiro atoms. The van der Waals surface area contributed by atoms with Gasteiger partial charge in [-0.2, -0.15) is 0 Å². The Balaban J connectivity index is 1.67. The molecule has 0 atom stereocenters. The molecule has 0 unspecified atom stereocenters. The van der Waals surface area contributed by atoms with E-state index < -0.39 is 0 Å². The predicted molar refractivity (Wildman–Crippen MR) is 90.7 cm³/mol. The van der Waals surface area contributed by atoms with Crippen molar-refractivity contribution in [3.8, 4) is 0 Å². The van der Waals surface area contributed by atoms with Crippen LogP contribution in [0.4, 0.5) is 5.69 Å². The fraction of sp³-hybridized carbons (Fsp3) is 0.235. The molecule has 0 saturated carbocycles. The van der Waals surface area contributed by atoms with E-state index in [0.717, 1.165) is 16.3 Å². The van der Waals surface area contributed by atoms with E-state index in [9.17, 15) is 9.59 Å². The van der Waals surface area contributed by atoms with E-state index in [0.29, 0.717) is 24.3 Å². The van der Waals surface area contributed by atoms with Crippen LogP contribution < -0.4 is 5.32 Å². The second-order valence-electron chi connectivity index (χ2n) is 5.35. The summed E-state index contributed by atoms with van der Waals surface area (Å²) in [6.45, 7) is 0.591. The molecule has 1 aliphatic rings. The van der Waals surface area contributed by atoms with Crippen LogP contribution in [0.1, 0.15) is 16.1 Å². The van der Waals surface area contributed by atoms with Gasteiger partial charge in [0.1, 0.15) is 0 Å². The van der Waals surface area contributed by atoms with Gasteiger partial charge in [0.15, 0.2) is 0 Å². The number of carbonyl (C=O) groups is 2. The van der Waals surface area contributed by atoms with E-state index in [4.69, 9.17) is 0 Å². The number of likely N-dealkylation sites (N-methyl/N-ethyl adjacent to an activating group) is 1. The quantitative estimate of drug-likeness (QED) is 0.937. The van der Waals surface area contributed by atoms with Crippen molar-refractivity contribution in [3.63, 3.8) is 0 Å². The molecule has 23 heavy (non-hydrogen) atoms. The Labute approximate surface area is 139 Å². The van der Waals surface area contributed by atoms with Crippen LogP contribution in [0.2, 0.25) is 0 Å². The van der Waals surface area contributed by atoms with Crippen molar-refractivity contribution in [1.82, 2.24) is 9.88 Å². The van der Waals surface area contributed by atoms with Crippen LogP contribution in [0.25, 0.3) is 0 Å². The molecule has 1 aromatic heterocycles. The monoisotopic (exact) mass is 327 g/mol. The van der Waals surface area contributed by atoms with Gasteiger partial charge in [-0.1, -0.05) is 6.07 Å². The Hall–Kier alpha value is -2.34. The number of benzene rings is 1. The first kappa shape index (κ1) is 15.6. The van der Waals surface area contributed by atoms with Gasteiger partial charge in [-0.05, 0) is 30.3 Å². The zero-order valence-electron chi connectivity index (χ0n) is 12.8. The Morgan fingerprint density at radius 2 is 2.22 bits per heavy atom. The summed E-state index contributed by atoms with van der Waals surface area (Å²) in [5.74, 6) is 0.328. The second kappa shape index (κ2) is 6.83. The summed E-state index contributed by atoms with van der Waals surface area (Å²) in [4.78, 5) is 30.9. The molecular weight excluding hydrogens is 310 g/mol. The van der Waals surface area contributed by atoms with Crippen LogP contribution in [0.15, 0.2) is 47.5 Å². The number of pyridine rings is 1. The summed E-state index contributed by atoms with van der Waals surface area (Å²) >= 11 is 1.49. The second-order valence-corrected chi connectivity index (χ2v) is 6.36. The van der Waals surface area contributed by atoms with Crippen molar-refractivity contribution < 1.29 is 9.59 Å².